The predicted octanol–water partition coefficient (Wildman–Crippen LogP) is 3.11. The van der Waals surface area contributed by atoms with Crippen LogP contribution < -0.4 is 10.5 Å². The molecule has 0 saturated carbocycles. The number of hydrogen-bond acceptors (Lipinski definition) is 3. The van der Waals surface area contributed by atoms with Gasteiger partial charge in [-0.1, -0.05) is 11.6 Å². The normalized spacial score (nSPS) is 9.93. The molecule has 76 valence electrons. The molecule has 4 heteroatoms. The van der Waals surface area contributed by atoms with Gasteiger partial charge in [-0.2, -0.15) is 0 Å². The summed E-state index contributed by atoms with van der Waals surface area (Å²) >= 11 is 5.75. The number of ether oxygens (including phenoxy) is 1. The maximum atomic E-state index is 5.75. The molecule has 0 fully saturated rings. The third kappa shape index (κ3) is 2.60. The molecule has 0 unspecified atom stereocenters. The summed E-state index contributed by atoms with van der Waals surface area (Å²) in [5.74, 6) is 1.83. The average Bonchev–Trinajstić information content (AvgIpc) is 2.25. The van der Waals surface area contributed by atoms with E-state index in [1.54, 1.807) is 42.6 Å². The number of anilines is 1. The number of halogens is 1. The second kappa shape index (κ2) is 4.19. The van der Waals surface area contributed by atoms with Crippen LogP contribution in [-0.4, -0.2) is 4.98 Å². The first-order valence-electron chi connectivity index (χ1n) is 4.39. The highest BCUT2D eigenvalue weighted by Crippen LogP contribution is 2.22. The SMILES string of the molecule is Nc1ccc(Oc2ccc(Cl)cc2)cn1. The van der Waals surface area contributed by atoms with E-state index in [-0.39, 0.29) is 0 Å². The minimum absolute atomic E-state index is 0.471. The van der Waals surface area contributed by atoms with Crippen molar-refractivity contribution in [3.8, 4) is 11.5 Å². The molecule has 0 radical (unpaired) electrons. The van der Waals surface area contributed by atoms with Gasteiger partial charge in [0.25, 0.3) is 0 Å². The van der Waals surface area contributed by atoms with Crippen LogP contribution in [0.15, 0.2) is 42.6 Å². The molecule has 0 saturated heterocycles. The van der Waals surface area contributed by atoms with E-state index in [0.717, 1.165) is 0 Å². The summed E-state index contributed by atoms with van der Waals surface area (Å²) in [5, 5.41) is 0.679. The van der Waals surface area contributed by atoms with Crippen molar-refractivity contribution in [3.63, 3.8) is 0 Å². The standard InChI is InChI=1S/C11H9ClN2O/c12-8-1-3-9(4-2-8)15-10-5-6-11(13)14-7-10/h1-7H,(H2,13,14). The first-order chi connectivity index (χ1) is 7.24. The van der Waals surface area contributed by atoms with Crippen molar-refractivity contribution in [2.75, 3.05) is 5.73 Å². The van der Waals surface area contributed by atoms with Crippen molar-refractivity contribution in [2.24, 2.45) is 0 Å². The van der Waals surface area contributed by atoms with E-state index < -0.39 is 0 Å². The van der Waals surface area contributed by atoms with Gasteiger partial charge in [0.1, 0.15) is 17.3 Å². The molecule has 0 aliphatic rings. The van der Waals surface area contributed by atoms with Crippen molar-refractivity contribution >= 4 is 17.4 Å². The molecule has 2 rings (SSSR count). The van der Waals surface area contributed by atoms with Crippen LogP contribution in [0.25, 0.3) is 0 Å². The van der Waals surface area contributed by atoms with E-state index in [1.807, 2.05) is 0 Å². The first-order valence-corrected chi connectivity index (χ1v) is 4.77. The molecule has 15 heavy (non-hydrogen) atoms. The number of nitrogens with two attached hydrogens (primary N) is 1. The van der Waals surface area contributed by atoms with Crippen LogP contribution in [0.2, 0.25) is 5.02 Å². The van der Waals surface area contributed by atoms with Gasteiger partial charge in [-0.25, -0.2) is 4.98 Å². The molecule has 0 bridgehead atoms. The lowest BCUT2D eigenvalue weighted by molar-refractivity contribution is 0.480. The maximum Gasteiger partial charge on any atom is 0.145 e. The van der Waals surface area contributed by atoms with E-state index >= 15 is 0 Å². The van der Waals surface area contributed by atoms with E-state index in [4.69, 9.17) is 22.1 Å². The Labute approximate surface area is 92.5 Å². The van der Waals surface area contributed by atoms with Gasteiger partial charge in [-0.05, 0) is 36.4 Å². The Morgan fingerprint density at radius 2 is 1.67 bits per heavy atom. The molecule has 3 nitrogen and oxygen atoms in total. The summed E-state index contributed by atoms with van der Waals surface area (Å²) in [6, 6.07) is 10.6. The summed E-state index contributed by atoms with van der Waals surface area (Å²) in [7, 11) is 0. The number of aromatic nitrogens is 1. The predicted molar refractivity (Wildman–Crippen MR) is 60.2 cm³/mol. The number of pyridine rings is 1. The lowest BCUT2D eigenvalue weighted by atomic mass is 10.3. The zero-order valence-electron chi connectivity index (χ0n) is 7.85. The van der Waals surface area contributed by atoms with Gasteiger partial charge in [0.05, 0.1) is 6.20 Å². The van der Waals surface area contributed by atoms with Gasteiger partial charge < -0.3 is 10.5 Å². The van der Waals surface area contributed by atoms with Crippen molar-refractivity contribution in [1.82, 2.24) is 4.98 Å². The van der Waals surface area contributed by atoms with Gasteiger partial charge in [0.15, 0.2) is 0 Å². The zero-order valence-corrected chi connectivity index (χ0v) is 8.61. The van der Waals surface area contributed by atoms with Crippen LogP contribution in [0.5, 0.6) is 11.5 Å². The average molecular weight is 221 g/mol. The Morgan fingerprint density at radius 3 is 2.27 bits per heavy atom. The molecular formula is C11H9ClN2O. The summed E-state index contributed by atoms with van der Waals surface area (Å²) in [6.45, 7) is 0. The molecule has 0 atom stereocenters. The van der Waals surface area contributed by atoms with E-state index in [2.05, 4.69) is 4.98 Å². The van der Waals surface area contributed by atoms with Crippen LogP contribution in [-0.2, 0) is 0 Å². The van der Waals surface area contributed by atoms with Crippen molar-refractivity contribution in [1.29, 1.82) is 0 Å². The highest BCUT2D eigenvalue weighted by molar-refractivity contribution is 6.30. The van der Waals surface area contributed by atoms with Gasteiger partial charge in [-0.15, -0.1) is 0 Å². The van der Waals surface area contributed by atoms with E-state index in [1.165, 1.54) is 0 Å². The van der Waals surface area contributed by atoms with Crippen LogP contribution in [0.3, 0.4) is 0 Å². The number of rotatable bonds is 2. The van der Waals surface area contributed by atoms with Gasteiger partial charge >= 0.3 is 0 Å². The fourth-order valence-corrected chi connectivity index (χ4v) is 1.22. The van der Waals surface area contributed by atoms with Crippen LogP contribution in [0.1, 0.15) is 0 Å². The van der Waals surface area contributed by atoms with E-state index in [0.29, 0.717) is 22.3 Å². The van der Waals surface area contributed by atoms with Crippen molar-refractivity contribution in [3.05, 3.63) is 47.6 Å². The smallest absolute Gasteiger partial charge is 0.145 e. The summed E-state index contributed by atoms with van der Waals surface area (Å²) in [4.78, 5) is 3.92. The third-order valence-electron chi connectivity index (χ3n) is 1.81. The monoisotopic (exact) mass is 220 g/mol. The molecule has 0 aliphatic heterocycles. The molecule has 0 spiro atoms. The maximum absolute atomic E-state index is 5.75. The Balaban J connectivity index is 2.15. The molecule has 1 heterocycles. The Hall–Kier alpha value is -1.74. The topological polar surface area (TPSA) is 48.1 Å². The Morgan fingerprint density at radius 1 is 1.00 bits per heavy atom. The first kappa shape index (κ1) is 9.80. The fourth-order valence-electron chi connectivity index (χ4n) is 1.09. The number of nitrogens with zero attached hydrogens (tertiary/aromatic N) is 1. The fraction of sp³-hybridized carbons (Fsp3) is 0. The molecule has 1 aromatic heterocycles. The summed E-state index contributed by atoms with van der Waals surface area (Å²) in [6.07, 6.45) is 1.57. The van der Waals surface area contributed by atoms with Crippen LogP contribution in [0.4, 0.5) is 5.82 Å². The van der Waals surface area contributed by atoms with Crippen LogP contribution >= 0.6 is 11.6 Å². The minimum Gasteiger partial charge on any atom is -0.456 e. The van der Waals surface area contributed by atoms with Gasteiger partial charge in [-0.3, -0.25) is 0 Å². The van der Waals surface area contributed by atoms with Crippen LogP contribution in [0, 0.1) is 0 Å². The van der Waals surface area contributed by atoms with Gasteiger partial charge in [0, 0.05) is 5.02 Å². The highest BCUT2D eigenvalue weighted by atomic mass is 35.5. The highest BCUT2D eigenvalue weighted by Gasteiger charge is 1.97. The summed E-state index contributed by atoms with van der Waals surface area (Å²) < 4.78 is 5.51. The molecule has 0 aliphatic carbocycles. The third-order valence-corrected chi connectivity index (χ3v) is 2.06. The minimum atomic E-state index is 0.471. The molecule has 1 aromatic carbocycles. The molecule has 2 aromatic rings. The quantitative estimate of drug-likeness (QED) is 0.846. The van der Waals surface area contributed by atoms with Crippen molar-refractivity contribution < 1.29 is 4.74 Å². The number of nitrogen functional groups attached to an aromatic ring is 1. The molecule has 2 N–H and O–H groups in total. The second-order valence-corrected chi connectivity index (χ2v) is 3.41. The Bertz CT molecular complexity index is 396. The number of benzene rings is 1. The van der Waals surface area contributed by atoms with Crippen molar-refractivity contribution in [2.45, 2.75) is 0 Å². The molecular weight excluding hydrogens is 212 g/mol. The largest absolute Gasteiger partial charge is 0.456 e. The summed E-state index contributed by atoms with van der Waals surface area (Å²) in [5.41, 5.74) is 5.46. The van der Waals surface area contributed by atoms with Gasteiger partial charge in [0.2, 0.25) is 0 Å². The number of hydrogen-bond donors (Lipinski definition) is 1. The Kier molecular flexibility index (Phi) is 2.74. The zero-order chi connectivity index (χ0) is 10.7. The lowest BCUT2D eigenvalue weighted by Crippen LogP contribution is -1.90. The molecule has 0 amide bonds. The second-order valence-electron chi connectivity index (χ2n) is 2.97. The lowest BCUT2D eigenvalue weighted by Gasteiger charge is -2.04. The van der Waals surface area contributed by atoms with E-state index in [9.17, 15) is 0 Å².